The maximum atomic E-state index is 12.8. The molecule has 0 amide bonds. The molecule has 0 aromatic heterocycles. The Morgan fingerprint density at radius 3 is 2.04 bits per heavy atom. The minimum absolute atomic E-state index is 0.0745. The molecule has 1 aliphatic heterocycles. The van der Waals surface area contributed by atoms with E-state index in [1.54, 1.807) is 0 Å². The van der Waals surface area contributed by atoms with Crippen LogP contribution in [-0.4, -0.2) is 39.5 Å². The molecular weight excluding hydrogens is 386 g/mol. The summed E-state index contributed by atoms with van der Waals surface area (Å²) in [4.78, 5) is 0.972. The van der Waals surface area contributed by atoms with Gasteiger partial charge >= 0.3 is 12.4 Å². The van der Waals surface area contributed by atoms with Crippen molar-refractivity contribution < 1.29 is 34.8 Å². The first-order valence-electron chi connectivity index (χ1n) is 7.80. The summed E-state index contributed by atoms with van der Waals surface area (Å²) < 4.78 is 103. The number of nitrogens with zero attached hydrogens (tertiary/aromatic N) is 1. The molecule has 1 atom stereocenters. The zero-order chi connectivity index (χ0) is 19.8. The highest BCUT2D eigenvalue weighted by molar-refractivity contribution is 7.89. The van der Waals surface area contributed by atoms with Crippen LogP contribution in [0.4, 0.5) is 26.3 Å². The summed E-state index contributed by atoms with van der Waals surface area (Å²) in [7, 11) is -2.63. The number of benzene rings is 1. The lowest BCUT2D eigenvalue weighted by Crippen LogP contribution is -2.32. The molecule has 1 fully saturated rings. The first-order valence-corrected chi connectivity index (χ1v) is 9.28. The van der Waals surface area contributed by atoms with Crippen molar-refractivity contribution in [3.8, 4) is 0 Å². The maximum Gasteiger partial charge on any atom is 0.416 e. The molecule has 1 aromatic rings. The van der Waals surface area contributed by atoms with E-state index in [-0.39, 0.29) is 30.8 Å². The highest BCUT2D eigenvalue weighted by atomic mass is 32.2. The summed E-state index contributed by atoms with van der Waals surface area (Å²) in [5, 5.41) is 0. The van der Waals surface area contributed by atoms with Gasteiger partial charge in [0.05, 0.1) is 16.0 Å². The maximum absolute atomic E-state index is 12.8. The zero-order valence-electron chi connectivity index (χ0n) is 13.8. The van der Waals surface area contributed by atoms with Gasteiger partial charge in [0.1, 0.15) is 0 Å². The Morgan fingerprint density at radius 2 is 1.62 bits per heavy atom. The van der Waals surface area contributed by atoms with Crippen molar-refractivity contribution in [2.75, 3.05) is 20.1 Å². The third-order valence-electron chi connectivity index (χ3n) is 4.31. The molecule has 1 heterocycles. The summed E-state index contributed by atoms with van der Waals surface area (Å²) >= 11 is 0. The van der Waals surface area contributed by atoms with Gasteiger partial charge in [-0.3, -0.25) is 0 Å². The molecule has 4 nitrogen and oxygen atoms in total. The number of nitrogens with one attached hydrogen (secondary N) is 1. The van der Waals surface area contributed by atoms with Crippen molar-refractivity contribution in [3.63, 3.8) is 0 Å². The van der Waals surface area contributed by atoms with Crippen LogP contribution in [0.5, 0.6) is 0 Å². The first kappa shape index (κ1) is 21.0. The summed E-state index contributed by atoms with van der Waals surface area (Å²) in [5.41, 5.74) is -3.33. The van der Waals surface area contributed by atoms with Crippen molar-refractivity contribution in [1.82, 2.24) is 9.62 Å². The van der Waals surface area contributed by atoms with Crippen LogP contribution in [0.1, 0.15) is 30.4 Å². The molecule has 0 aliphatic carbocycles. The van der Waals surface area contributed by atoms with Gasteiger partial charge in [0.15, 0.2) is 0 Å². The molecule has 0 radical (unpaired) electrons. The van der Waals surface area contributed by atoms with Gasteiger partial charge in [0, 0.05) is 12.6 Å². The third kappa shape index (κ3) is 5.10. The number of rotatable bonds is 5. The lowest BCUT2D eigenvalue weighted by atomic mass is 10.1. The number of likely N-dealkylation sites (tertiary alicyclic amines) is 1. The third-order valence-corrected chi connectivity index (χ3v) is 5.75. The molecule has 26 heavy (non-hydrogen) atoms. The number of halogens is 6. The smallest absolute Gasteiger partial charge is 0.303 e. The van der Waals surface area contributed by atoms with Crippen LogP contribution in [0, 0.1) is 0 Å². The van der Waals surface area contributed by atoms with Crippen LogP contribution in [0.3, 0.4) is 0 Å². The standard InChI is InChI=1S/C15H18F6N2O2S/c1-23-6-2-3-12(23)4-5-22-26(24,25)13-8-10(14(16,17)18)7-11(9-13)15(19,20)21/h7-9,12,22H,2-6H2,1H3. The Balaban J connectivity index is 2.24. The predicted molar refractivity (Wildman–Crippen MR) is 81.9 cm³/mol. The monoisotopic (exact) mass is 404 g/mol. The van der Waals surface area contributed by atoms with Gasteiger partial charge in [-0.15, -0.1) is 0 Å². The van der Waals surface area contributed by atoms with E-state index in [9.17, 15) is 34.8 Å². The first-order chi connectivity index (χ1) is 11.8. The van der Waals surface area contributed by atoms with Gasteiger partial charge < -0.3 is 4.90 Å². The van der Waals surface area contributed by atoms with Crippen molar-refractivity contribution in [3.05, 3.63) is 29.3 Å². The minimum atomic E-state index is -5.10. The molecular formula is C15H18F6N2O2S. The average molecular weight is 404 g/mol. The van der Waals surface area contributed by atoms with Crippen molar-refractivity contribution >= 4 is 10.0 Å². The van der Waals surface area contributed by atoms with Gasteiger partial charge in [0.2, 0.25) is 10.0 Å². The Labute approximate surface area is 147 Å². The fourth-order valence-corrected chi connectivity index (χ4v) is 3.99. The van der Waals surface area contributed by atoms with Crippen molar-refractivity contribution in [2.24, 2.45) is 0 Å². The molecule has 0 saturated carbocycles. The van der Waals surface area contributed by atoms with Crippen LogP contribution >= 0.6 is 0 Å². The van der Waals surface area contributed by atoms with E-state index in [4.69, 9.17) is 0 Å². The number of hydrogen-bond donors (Lipinski definition) is 1. The molecule has 0 spiro atoms. The second-order valence-electron chi connectivity index (χ2n) is 6.20. The number of alkyl halides is 6. The van der Waals surface area contributed by atoms with E-state index in [0.29, 0.717) is 6.42 Å². The molecule has 1 aromatic carbocycles. The second-order valence-corrected chi connectivity index (χ2v) is 7.97. The van der Waals surface area contributed by atoms with Crippen LogP contribution in [-0.2, 0) is 22.4 Å². The molecule has 148 valence electrons. The summed E-state index contributed by atoms with van der Waals surface area (Å²) in [6.07, 6.45) is -7.96. The molecule has 1 aliphatic rings. The summed E-state index contributed by atoms with van der Waals surface area (Å²) in [5.74, 6) is 0. The number of hydrogen-bond acceptors (Lipinski definition) is 3. The van der Waals surface area contributed by atoms with E-state index >= 15 is 0 Å². The van der Waals surface area contributed by atoms with Crippen molar-refractivity contribution in [1.29, 1.82) is 0 Å². The highest BCUT2D eigenvalue weighted by Crippen LogP contribution is 2.37. The summed E-state index contributed by atoms with van der Waals surface area (Å²) in [6.45, 7) is 0.787. The molecule has 0 bridgehead atoms. The normalized spacial score (nSPS) is 19.9. The van der Waals surface area contributed by atoms with Gasteiger partial charge in [-0.05, 0) is 51.1 Å². The fourth-order valence-electron chi connectivity index (χ4n) is 2.87. The van der Waals surface area contributed by atoms with Gasteiger partial charge in [-0.25, -0.2) is 13.1 Å². The highest BCUT2D eigenvalue weighted by Gasteiger charge is 2.38. The molecule has 1 unspecified atom stereocenters. The van der Waals surface area contributed by atoms with E-state index in [2.05, 4.69) is 4.72 Å². The Kier molecular flexibility index (Phi) is 5.93. The van der Waals surface area contributed by atoms with Crippen molar-refractivity contribution in [2.45, 2.75) is 42.6 Å². The fraction of sp³-hybridized carbons (Fsp3) is 0.600. The van der Waals surface area contributed by atoms with Crippen LogP contribution in [0.2, 0.25) is 0 Å². The molecule has 11 heteroatoms. The molecule has 1 saturated heterocycles. The van der Waals surface area contributed by atoms with Gasteiger partial charge in [0.25, 0.3) is 0 Å². The zero-order valence-corrected chi connectivity index (χ0v) is 14.6. The Morgan fingerprint density at radius 1 is 1.08 bits per heavy atom. The summed E-state index contributed by atoms with van der Waals surface area (Å²) in [6, 6.07) is 0.440. The van der Waals surface area contributed by atoms with Crippen LogP contribution < -0.4 is 4.72 Å². The minimum Gasteiger partial charge on any atom is -0.303 e. The SMILES string of the molecule is CN1CCCC1CCNS(=O)(=O)c1cc(C(F)(F)F)cc(C(F)(F)F)c1. The molecule has 2 rings (SSSR count). The Hall–Kier alpha value is -1.33. The quantitative estimate of drug-likeness (QED) is 0.765. The Bertz CT molecular complexity index is 713. The predicted octanol–water partition coefficient (Wildman–Crippen LogP) is 3.49. The number of sulfonamides is 1. The van der Waals surface area contributed by atoms with Crippen LogP contribution in [0.15, 0.2) is 23.1 Å². The molecule has 1 N–H and O–H groups in total. The van der Waals surface area contributed by atoms with E-state index in [0.717, 1.165) is 19.4 Å². The largest absolute Gasteiger partial charge is 0.416 e. The van der Waals surface area contributed by atoms with Gasteiger partial charge in [-0.2, -0.15) is 26.3 Å². The lowest BCUT2D eigenvalue weighted by Gasteiger charge is -2.19. The van der Waals surface area contributed by atoms with E-state index < -0.39 is 38.4 Å². The van der Waals surface area contributed by atoms with E-state index in [1.165, 1.54) is 0 Å². The topological polar surface area (TPSA) is 49.4 Å². The second kappa shape index (κ2) is 7.35. The average Bonchev–Trinajstić information content (AvgIpc) is 2.90. The van der Waals surface area contributed by atoms with E-state index in [1.807, 2.05) is 11.9 Å². The van der Waals surface area contributed by atoms with Gasteiger partial charge in [-0.1, -0.05) is 0 Å². The lowest BCUT2D eigenvalue weighted by molar-refractivity contribution is -0.143. The van der Waals surface area contributed by atoms with Crippen LogP contribution in [0.25, 0.3) is 0 Å².